The molecular formula is C47H62N4O5S. The predicted octanol–water partition coefficient (Wildman–Crippen LogP) is 7.95. The van der Waals surface area contributed by atoms with Gasteiger partial charge in [0.2, 0.25) is 29.5 Å². The first-order chi connectivity index (χ1) is 27.6. The van der Waals surface area contributed by atoms with Gasteiger partial charge in [-0.3, -0.25) is 28.9 Å². The summed E-state index contributed by atoms with van der Waals surface area (Å²) < 4.78 is 0. The van der Waals surface area contributed by atoms with Crippen molar-refractivity contribution in [3.8, 4) is 11.8 Å². The first-order valence-corrected chi connectivity index (χ1v) is 22.3. The summed E-state index contributed by atoms with van der Waals surface area (Å²) in [6.45, 7) is 8.20. The van der Waals surface area contributed by atoms with E-state index in [9.17, 15) is 24.0 Å². The number of likely N-dealkylation sites (tertiary alicyclic amines) is 1. The van der Waals surface area contributed by atoms with Crippen LogP contribution in [0.5, 0.6) is 0 Å². The van der Waals surface area contributed by atoms with Crippen molar-refractivity contribution in [2.45, 2.75) is 122 Å². The van der Waals surface area contributed by atoms with Crippen LogP contribution >= 0.6 is 11.8 Å². The van der Waals surface area contributed by atoms with Crippen LogP contribution in [0.1, 0.15) is 127 Å². The molecule has 2 heterocycles. The van der Waals surface area contributed by atoms with Gasteiger partial charge in [-0.1, -0.05) is 75.1 Å². The Kier molecular flexibility index (Phi) is 16.9. The fourth-order valence-corrected chi connectivity index (χ4v) is 8.94. The number of imide groups is 1. The summed E-state index contributed by atoms with van der Waals surface area (Å²) in [5, 5.41) is 5.69. The number of anilines is 1. The minimum Gasteiger partial charge on any atom is -0.356 e. The molecule has 5 rings (SSSR count). The molecule has 0 saturated carbocycles. The first kappa shape index (κ1) is 43.8. The number of hydrogen-bond acceptors (Lipinski definition) is 6. The molecule has 2 aromatic rings. The number of nitrogens with zero attached hydrogens (tertiary/aromatic N) is 2. The Bertz CT molecular complexity index is 1810. The van der Waals surface area contributed by atoms with Crippen molar-refractivity contribution < 1.29 is 24.0 Å². The average molecular weight is 795 g/mol. The number of fused-ring (bicyclic) bond motifs is 2. The highest BCUT2D eigenvalue weighted by atomic mass is 32.2. The fraction of sp³-hybridized carbons (Fsp3) is 0.553. The number of allylic oxidation sites excluding steroid dienone is 2. The molecule has 57 heavy (non-hydrogen) atoms. The second-order valence-corrected chi connectivity index (χ2v) is 17.6. The van der Waals surface area contributed by atoms with Crippen LogP contribution in [0, 0.1) is 29.1 Å². The van der Waals surface area contributed by atoms with E-state index >= 15 is 0 Å². The average Bonchev–Trinajstić information content (AvgIpc) is 3.47. The van der Waals surface area contributed by atoms with Crippen LogP contribution in [0.25, 0.3) is 0 Å². The number of benzene rings is 2. The lowest BCUT2D eigenvalue weighted by atomic mass is 9.85. The molecular weight excluding hydrogens is 733 g/mol. The van der Waals surface area contributed by atoms with Crippen molar-refractivity contribution in [2.24, 2.45) is 17.3 Å². The van der Waals surface area contributed by atoms with E-state index in [1.807, 2.05) is 53.4 Å². The minimum atomic E-state index is -0.497. The van der Waals surface area contributed by atoms with Gasteiger partial charge in [0, 0.05) is 62.2 Å². The van der Waals surface area contributed by atoms with E-state index in [-0.39, 0.29) is 60.3 Å². The summed E-state index contributed by atoms with van der Waals surface area (Å²) in [6.07, 6.45) is 14.6. The maximum atomic E-state index is 14.1. The van der Waals surface area contributed by atoms with Crippen molar-refractivity contribution in [1.29, 1.82) is 0 Å². The van der Waals surface area contributed by atoms with Crippen molar-refractivity contribution in [3.05, 3.63) is 77.4 Å². The second-order valence-electron chi connectivity index (χ2n) is 16.3. The van der Waals surface area contributed by atoms with Crippen LogP contribution in [-0.4, -0.2) is 65.1 Å². The Balaban J connectivity index is 1.19. The molecule has 3 aliphatic rings. The molecule has 2 aromatic carbocycles. The van der Waals surface area contributed by atoms with Gasteiger partial charge < -0.3 is 15.5 Å². The van der Waals surface area contributed by atoms with E-state index in [2.05, 4.69) is 55.4 Å². The third-order valence-corrected chi connectivity index (χ3v) is 13.4. The molecule has 3 atom stereocenters. The molecule has 0 spiro atoms. The lowest BCUT2D eigenvalue weighted by molar-refractivity contribution is -0.138. The monoisotopic (exact) mass is 794 g/mol. The highest BCUT2D eigenvalue weighted by Crippen LogP contribution is 2.30. The molecule has 306 valence electrons. The van der Waals surface area contributed by atoms with E-state index in [1.165, 1.54) is 16.7 Å². The smallest absolute Gasteiger partial charge is 0.242 e. The predicted molar refractivity (Wildman–Crippen MR) is 229 cm³/mol. The lowest BCUT2D eigenvalue weighted by Gasteiger charge is -2.27. The van der Waals surface area contributed by atoms with Gasteiger partial charge in [0.15, 0.2) is 0 Å². The van der Waals surface area contributed by atoms with Crippen molar-refractivity contribution in [1.82, 2.24) is 15.5 Å². The van der Waals surface area contributed by atoms with E-state index in [0.717, 1.165) is 67.3 Å². The standard InChI is InChI=1S/C47H62N4O5S/c1-4-47(3,5-2)34-49-42(52)27-30-57-41-32-45(55)50(46(41)56)29-26-35(25-28-48-43(53)31-36-15-9-7-6-8-10-16-36)21-24-44(54)51-33-39-19-12-11-17-37(39)22-23-38-18-13-14-20-40(38)51/h6-7,11-14,17-20,35-36,41H,4-5,8-10,15-16,21,24-34H2,1-3H3,(H,48,53)(H,49,52)/b7-6+/t35-,36-,41?/m0/s1. The molecule has 1 aliphatic carbocycles. The Morgan fingerprint density at radius 1 is 0.877 bits per heavy atom. The lowest BCUT2D eigenvalue weighted by Crippen LogP contribution is -2.35. The van der Waals surface area contributed by atoms with Crippen molar-refractivity contribution in [3.63, 3.8) is 0 Å². The summed E-state index contributed by atoms with van der Waals surface area (Å²) in [5.74, 6) is 6.98. The molecule has 0 aromatic heterocycles. The molecule has 1 fully saturated rings. The largest absolute Gasteiger partial charge is 0.356 e. The number of carbonyl (C=O) groups excluding carboxylic acids is 5. The van der Waals surface area contributed by atoms with Crippen LogP contribution < -0.4 is 15.5 Å². The van der Waals surface area contributed by atoms with Gasteiger partial charge in [-0.15, -0.1) is 11.8 Å². The summed E-state index contributed by atoms with van der Waals surface area (Å²) in [6, 6.07) is 15.6. The zero-order valence-corrected chi connectivity index (χ0v) is 35.1. The van der Waals surface area contributed by atoms with Gasteiger partial charge in [-0.2, -0.15) is 0 Å². The van der Waals surface area contributed by atoms with Gasteiger partial charge in [-0.25, -0.2) is 0 Å². The molecule has 1 unspecified atom stereocenters. The molecule has 0 radical (unpaired) electrons. The first-order valence-electron chi connectivity index (χ1n) is 21.2. The van der Waals surface area contributed by atoms with E-state index in [4.69, 9.17) is 0 Å². The summed E-state index contributed by atoms with van der Waals surface area (Å²) in [4.78, 5) is 69.5. The normalized spacial score (nSPS) is 19.1. The minimum absolute atomic E-state index is 0.00853. The van der Waals surface area contributed by atoms with Crippen LogP contribution in [-0.2, 0) is 30.5 Å². The number of rotatable bonds is 19. The van der Waals surface area contributed by atoms with Crippen molar-refractivity contribution >= 4 is 47.0 Å². The Hall–Kier alpha value is -4.36. The molecule has 2 N–H and O–H groups in total. The van der Waals surface area contributed by atoms with E-state index < -0.39 is 5.25 Å². The second kappa shape index (κ2) is 22.0. The summed E-state index contributed by atoms with van der Waals surface area (Å²) >= 11 is 1.38. The number of carbonyl (C=O) groups is 5. The third kappa shape index (κ3) is 13.1. The summed E-state index contributed by atoms with van der Waals surface area (Å²) in [7, 11) is 0. The fourth-order valence-electron chi connectivity index (χ4n) is 7.82. The molecule has 2 aliphatic heterocycles. The van der Waals surface area contributed by atoms with Gasteiger partial charge in [0.1, 0.15) is 0 Å². The maximum Gasteiger partial charge on any atom is 0.242 e. The van der Waals surface area contributed by atoms with Gasteiger partial charge in [0.25, 0.3) is 0 Å². The highest BCUT2D eigenvalue weighted by Gasteiger charge is 2.39. The number of thioether (sulfide) groups is 1. The maximum absolute atomic E-state index is 14.1. The van der Waals surface area contributed by atoms with Crippen LogP contribution in [0.4, 0.5) is 5.69 Å². The molecule has 1 saturated heterocycles. The zero-order chi connectivity index (χ0) is 40.6. The SMILES string of the molecule is CCC(C)(CC)CNC(=O)CCSC1CC(=O)N(CC[C@H](CCNC(=O)C[C@H]2CC/C=C/CCC2)CCC(=O)N2Cc3ccccc3C#Cc3ccccc32)C1=O. The number of hydrogen-bond donors (Lipinski definition) is 2. The number of para-hydroxylation sites is 1. The van der Waals surface area contributed by atoms with Gasteiger partial charge >= 0.3 is 0 Å². The van der Waals surface area contributed by atoms with Gasteiger partial charge in [0.05, 0.1) is 17.5 Å². The number of amides is 5. The van der Waals surface area contributed by atoms with E-state index in [1.54, 1.807) is 0 Å². The topological polar surface area (TPSA) is 116 Å². The van der Waals surface area contributed by atoms with Crippen LogP contribution in [0.2, 0.25) is 0 Å². The molecule has 10 heteroatoms. The van der Waals surface area contributed by atoms with Crippen LogP contribution in [0.15, 0.2) is 60.7 Å². The van der Waals surface area contributed by atoms with Gasteiger partial charge in [-0.05, 0) is 105 Å². The Labute approximate surface area is 344 Å². The molecule has 9 nitrogen and oxygen atoms in total. The Morgan fingerprint density at radius 3 is 2.42 bits per heavy atom. The number of nitrogens with one attached hydrogen (secondary N) is 2. The van der Waals surface area contributed by atoms with E-state index in [0.29, 0.717) is 63.4 Å². The quantitative estimate of drug-likeness (QED) is 0.0848. The third-order valence-electron chi connectivity index (χ3n) is 12.2. The van der Waals surface area contributed by atoms with Crippen molar-refractivity contribution in [2.75, 3.05) is 30.3 Å². The molecule has 0 bridgehead atoms. The van der Waals surface area contributed by atoms with Crippen LogP contribution in [0.3, 0.4) is 0 Å². The zero-order valence-electron chi connectivity index (χ0n) is 34.3. The highest BCUT2D eigenvalue weighted by molar-refractivity contribution is 8.00. The molecule has 5 amide bonds. The summed E-state index contributed by atoms with van der Waals surface area (Å²) in [5.41, 5.74) is 3.55. The Morgan fingerprint density at radius 2 is 1.61 bits per heavy atom.